The highest BCUT2D eigenvalue weighted by Crippen LogP contribution is 2.10. The molecular formula is C15H24N4O2. The van der Waals surface area contributed by atoms with Crippen molar-refractivity contribution >= 4 is 17.6 Å². The Balaban J connectivity index is 2.61. The van der Waals surface area contributed by atoms with Crippen LogP contribution < -0.4 is 16.0 Å². The largest absolute Gasteiger partial charge is 0.373 e. The predicted octanol–water partition coefficient (Wildman–Crippen LogP) is 1.19. The van der Waals surface area contributed by atoms with Gasteiger partial charge in [0.15, 0.2) is 0 Å². The first-order chi connectivity index (χ1) is 9.96. The lowest BCUT2D eigenvalue weighted by Crippen LogP contribution is -2.38. The molecule has 1 aromatic rings. The van der Waals surface area contributed by atoms with E-state index in [9.17, 15) is 9.59 Å². The van der Waals surface area contributed by atoms with Gasteiger partial charge in [0.05, 0.1) is 6.54 Å². The Morgan fingerprint density at radius 2 is 1.95 bits per heavy atom. The molecule has 116 valence electrons. The molecule has 2 amide bonds. The lowest BCUT2D eigenvalue weighted by atomic mass is 10.2. The maximum atomic E-state index is 12.1. The molecule has 0 aliphatic heterocycles. The summed E-state index contributed by atoms with van der Waals surface area (Å²) in [5, 5.41) is 8.30. The quantitative estimate of drug-likeness (QED) is 0.705. The number of nitrogens with zero attached hydrogens (tertiary/aromatic N) is 1. The summed E-state index contributed by atoms with van der Waals surface area (Å²) in [5.74, 6) is 0.567. The molecule has 0 unspecified atom stereocenters. The Bertz CT molecular complexity index is 478. The van der Waals surface area contributed by atoms with Gasteiger partial charge in [-0.25, -0.2) is 4.98 Å². The summed E-state index contributed by atoms with van der Waals surface area (Å²) < 4.78 is 0. The zero-order valence-corrected chi connectivity index (χ0v) is 13.1. The van der Waals surface area contributed by atoms with Gasteiger partial charge in [0, 0.05) is 24.8 Å². The monoisotopic (exact) mass is 292 g/mol. The molecule has 0 radical (unpaired) electrons. The van der Waals surface area contributed by atoms with Gasteiger partial charge in [-0.05, 0) is 24.5 Å². The Morgan fingerprint density at radius 3 is 2.52 bits per heavy atom. The first kappa shape index (κ1) is 16.9. The van der Waals surface area contributed by atoms with Crippen LogP contribution in [0, 0.1) is 5.92 Å². The van der Waals surface area contributed by atoms with E-state index in [1.165, 1.54) is 0 Å². The van der Waals surface area contributed by atoms with Gasteiger partial charge in [0.25, 0.3) is 5.91 Å². The summed E-state index contributed by atoms with van der Waals surface area (Å²) in [6.07, 6.45) is 0.741. The molecule has 1 rings (SSSR count). The highest BCUT2D eigenvalue weighted by molar-refractivity contribution is 5.97. The van der Waals surface area contributed by atoms with E-state index in [2.05, 4.69) is 20.9 Å². The van der Waals surface area contributed by atoms with Gasteiger partial charge in [-0.15, -0.1) is 0 Å². The standard InChI is InChI=1S/C15H24N4O2/c1-5-12-6-11(7-13(16-4)19-12)15(21)18-9-14(20)17-8-10(2)3/h6-7,10H,5,8-9H2,1-4H3,(H,16,19)(H,17,20)(H,18,21). The van der Waals surface area contributed by atoms with Crippen molar-refractivity contribution in [2.75, 3.05) is 25.5 Å². The zero-order valence-electron chi connectivity index (χ0n) is 13.1. The van der Waals surface area contributed by atoms with Crippen LogP contribution in [0.3, 0.4) is 0 Å². The smallest absolute Gasteiger partial charge is 0.251 e. The third-order valence-corrected chi connectivity index (χ3v) is 2.88. The number of aryl methyl sites for hydroxylation is 1. The molecule has 0 atom stereocenters. The van der Waals surface area contributed by atoms with Gasteiger partial charge >= 0.3 is 0 Å². The second-order valence-corrected chi connectivity index (χ2v) is 5.22. The van der Waals surface area contributed by atoms with E-state index in [0.717, 1.165) is 12.1 Å². The van der Waals surface area contributed by atoms with E-state index in [4.69, 9.17) is 0 Å². The lowest BCUT2D eigenvalue weighted by Gasteiger charge is -2.10. The average molecular weight is 292 g/mol. The maximum Gasteiger partial charge on any atom is 0.251 e. The highest BCUT2D eigenvalue weighted by atomic mass is 16.2. The van der Waals surface area contributed by atoms with Crippen LogP contribution in [0.15, 0.2) is 12.1 Å². The van der Waals surface area contributed by atoms with Crippen LogP contribution in [0.4, 0.5) is 5.82 Å². The summed E-state index contributed by atoms with van der Waals surface area (Å²) in [6.45, 7) is 6.59. The Labute approximate surface area is 125 Å². The Kier molecular flexibility index (Phi) is 6.65. The summed E-state index contributed by atoms with van der Waals surface area (Å²) in [5.41, 5.74) is 1.33. The fourth-order valence-corrected chi connectivity index (χ4v) is 1.67. The van der Waals surface area contributed by atoms with Gasteiger partial charge < -0.3 is 16.0 Å². The fraction of sp³-hybridized carbons (Fsp3) is 0.533. The van der Waals surface area contributed by atoms with Crippen LogP contribution in [0.2, 0.25) is 0 Å². The summed E-state index contributed by atoms with van der Waals surface area (Å²) in [6, 6.07) is 3.41. The zero-order chi connectivity index (χ0) is 15.8. The predicted molar refractivity (Wildman–Crippen MR) is 83.3 cm³/mol. The van der Waals surface area contributed by atoms with Crippen molar-refractivity contribution < 1.29 is 9.59 Å². The molecule has 0 spiro atoms. The van der Waals surface area contributed by atoms with E-state index >= 15 is 0 Å². The number of carbonyl (C=O) groups excluding carboxylic acids is 2. The fourth-order valence-electron chi connectivity index (χ4n) is 1.67. The van der Waals surface area contributed by atoms with Crippen LogP contribution in [-0.4, -0.2) is 36.9 Å². The number of nitrogens with one attached hydrogen (secondary N) is 3. The molecule has 0 aliphatic carbocycles. The average Bonchev–Trinajstić information content (AvgIpc) is 2.49. The van der Waals surface area contributed by atoms with Gasteiger partial charge in [0.1, 0.15) is 5.82 Å². The van der Waals surface area contributed by atoms with Crippen molar-refractivity contribution in [2.45, 2.75) is 27.2 Å². The summed E-state index contributed by atoms with van der Waals surface area (Å²) in [7, 11) is 1.75. The van der Waals surface area contributed by atoms with Gasteiger partial charge in [-0.1, -0.05) is 20.8 Å². The second kappa shape index (κ2) is 8.24. The molecule has 0 saturated carbocycles. The van der Waals surface area contributed by atoms with E-state index in [1.807, 2.05) is 20.8 Å². The number of amides is 2. The van der Waals surface area contributed by atoms with Crippen molar-refractivity contribution in [3.05, 3.63) is 23.4 Å². The number of hydrogen-bond donors (Lipinski definition) is 3. The molecule has 6 heteroatoms. The second-order valence-electron chi connectivity index (χ2n) is 5.22. The first-order valence-electron chi connectivity index (χ1n) is 7.19. The molecule has 0 aliphatic rings. The Hall–Kier alpha value is -2.11. The van der Waals surface area contributed by atoms with Crippen LogP contribution in [0.5, 0.6) is 0 Å². The topological polar surface area (TPSA) is 83.1 Å². The molecule has 0 aromatic carbocycles. The molecule has 3 N–H and O–H groups in total. The van der Waals surface area contributed by atoms with Gasteiger partial charge in [0.2, 0.25) is 5.91 Å². The van der Waals surface area contributed by atoms with E-state index in [1.54, 1.807) is 19.2 Å². The third-order valence-electron chi connectivity index (χ3n) is 2.88. The third kappa shape index (κ3) is 5.81. The van der Waals surface area contributed by atoms with Crippen LogP contribution in [-0.2, 0) is 11.2 Å². The number of anilines is 1. The van der Waals surface area contributed by atoms with Crippen molar-refractivity contribution in [1.29, 1.82) is 0 Å². The molecular weight excluding hydrogens is 268 g/mol. The van der Waals surface area contributed by atoms with E-state index in [-0.39, 0.29) is 18.4 Å². The molecule has 1 aromatic heterocycles. The van der Waals surface area contributed by atoms with Crippen molar-refractivity contribution in [3.63, 3.8) is 0 Å². The van der Waals surface area contributed by atoms with Gasteiger partial charge in [-0.2, -0.15) is 0 Å². The number of aromatic nitrogens is 1. The maximum absolute atomic E-state index is 12.1. The van der Waals surface area contributed by atoms with Crippen molar-refractivity contribution in [1.82, 2.24) is 15.6 Å². The number of pyridine rings is 1. The van der Waals surface area contributed by atoms with Crippen molar-refractivity contribution in [2.24, 2.45) is 5.92 Å². The lowest BCUT2D eigenvalue weighted by molar-refractivity contribution is -0.120. The molecule has 21 heavy (non-hydrogen) atoms. The highest BCUT2D eigenvalue weighted by Gasteiger charge is 2.10. The van der Waals surface area contributed by atoms with Crippen LogP contribution in [0.1, 0.15) is 36.8 Å². The molecule has 0 fully saturated rings. The minimum absolute atomic E-state index is 0.0236. The number of rotatable bonds is 7. The normalized spacial score (nSPS) is 10.3. The van der Waals surface area contributed by atoms with Crippen LogP contribution >= 0.6 is 0 Å². The van der Waals surface area contributed by atoms with Crippen molar-refractivity contribution in [3.8, 4) is 0 Å². The van der Waals surface area contributed by atoms with Crippen LogP contribution in [0.25, 0.3) is 0 Å². The molecule has 6 nitrogen and oxygen atoms in total. The minimum atomic E-state index is -0.275. The molecule has 0 saturated heterocycles. The molecule has 0 bridgehead atoms. The first-order valence-corrected chi connectivity index (χ1v) is 7.19. The minimum Gasteiger partial charge on any atom is -0.373 e. The van der Waals surface area contributed by atoms with E-state index in [0.29, 0.717) is 23.8 Å². The SMILES string of the molecule is CCc1cc(C(=O)NCC(=O)NCC(C)C)cc(NC)n1. The molecule has 1 heterocycles. The van der Waals surface area contributed by atoms with E-state index < -0.39 is 0 Å². The number of carbonyl (C=O) groups is 2. The Morgan fingerprint density at radius 1 is 1.24 bits per heavy atom. The van der Waals surface area contributed by atoms with Gasteiger partial charge in [-0.3, -0.25) is 9.59 Å². The summed E-state index contributed by atoms with van der Waals surface area (Å²) in [4.78, 5) is 28.0. The number of hydrogen-bond acceptors (Lipinski definition) is 4. The summed E-state index contributed by atoms with van der Waals surface area (Å²) >= 11 is 0.